The monoisotopic (exact) mass is 338 g/mol. The van der Waals surface area contributed by atoms with E-state index in [0.29, 0.717) is 23.0 Å². The van der Waals surface area contributed by atoms with Gasteiger partial charge in [0.25, 0.3) is 11.8 Å². The Morgan fingerprint density at radius 1 is 1.04 bits per heavy atom. The maximum atomic E-state index is 12.2. The van der Waals surface area contributed by atoms with E-state index in [1.54, 1.807) is 31.2 Å². The largest absolute Gasteiger partial charge is 0.481 e. The Bertz CT molecular complexity index is 750. The van der Waals surface area contributed by atoms with Crippen molar-refractivity contribution in [2.24, 2.45) is 0 Å². The molecule has 1 aliphatic carbocycles. The molecule has 1 fully saturated rings. The van der Waals surface area contributed by atoms with E-state index < -0.39 is 6.10 Å². The summed E-state index contributed by atoms with van der Waals surface area (Å²) in [5, 5.41) is 5.73. The normalized spacial score (nSPS) is 14.5. The van der Waals surface area contributed by atoms with E-state index in [4.69, 9.17) is 4.74 Å². The molecule has 1 saturated carbocycles. The smallest absolute Gasteiger partial charge is 0.265 e. The molecule has 2 N–H and O–H groups in total. The number of amides is 2. The maximum Gasteiger partial charge on any atom is 0.265 e. The molecule has 2 amide bonds. The lowest BCUT2D eigenvalue weighted by atomic mass is 10.2. The Morgan fingerprint density at radius 2 is 1.68 bits per heavy atom. The van der Waals surface area contributed by atoms with Crippen LogP contribution >= 0.6 is 0 Å². The van der Waals surface area contributed by atoms with E-state index in [1.165, 1.54) is 0 Å². The van der Waals surface area contributed by atoms with Gasteiger partial charge in [0, 0.05) is 17.3 Å². The number of aryl methyl sites for hydroxylation is 1. The third-order valence-corrected chi connectivity index (χ3v) is 4.03. The summed E-state index contributed by atoms with van der Waals surface area (Å²) >= 11 is 0. The Kier molecular flexibility index (Phi) is 5.03. The van der Waals surface area contributed by atoms with E-state index in [1.807, 2.05) is 31.2 Å². The first-order valence-corrected chi connectivity index (χ1v) is 8.46. The molecule has 130 valence electrons. The summed E-state index contributed by atoms with van der Waals surface area (Å²) in [5.41, 5.74) is 2.36. The van der Waals surface area contributed by atoms with Gasteiger partial charge in [0.1, 0.15) is 5.75 Å². The molecule has 0 saturated heterocycles. The lowest BCUT2D eigenvalue weighted by Gasteiger charge is -2.15. The van der Waals surface area contributed by atoms with Gasteiger partial charge in [-0.15, -0.1) is 0 Å². The van der Waals surface area contributed by atoms with Crippen molar-refractivity contribution in [1.82, 2.24) is 5.32 Å². The molecule has 5 nitrogen and oxygen atoms in total. The number of carbonyl (C=O) groups is 2. The van der Waals surface area contributed by atoms with Crippen LogP contribution in [0.2, 0.25) is 0 Å². The molecule has 1 aliphatic rings. The fraction of sp³-hybridized carbons (Fsp3) is 0.300. The third-order valence-electron chi connectivity index (χ3n) is 4.03. The summed E-state index contributed by atoms with van der Waals surface area (Å²) in [5.74, 6) is 0.340. The van der Waals surface area contributed by atoms with Crippen LogP contribution in [0, 0.1) is 6.92 Å². The maximum absolute atomic E-state index is 12.2. The summed E-state index contributed by atoms with van der Waals surface area (Å²) in [7, 11) is 0. The van der Waals surface area contributed by atoms with Gasteiger partial charge in [-0.1, -0.05) is 17.7 Å². The quantitative estimate of drug-likeness (QED) is 0.849. The molecule has 0 bridgehead atoms. The molecule has 2 aromatic carbocycles. The van der Waals surface area contributed by atoms with E-state index in [-0.39, 0.29) is 11.8 Å². The van der Waals surface area contributed by atoms with Crippen LogP contribution in [0.1, 0.15) is 35.7 Å². The minimum atomic E-state index is -0.624. The first-order valence-electron chi connectivity index (χ1n) is 8.46. The van der Waals surface area contributed by atoms with Crippen molar-refractivity contribution in [3.63, 3.8) is 0 Å². The average molecular weight is 338 g/mol. The number of anilines is 1. The van der Waals surface area contributed by atoms with E-state index >= 15 is 0 Å². The minimum absolute atomic E-state index is 0.0727. The Labute approximate surface area is 147 Å². The van der Waals surface area contributed by atoms with Crippen LogP contribution in [0.15, 0.2) is 48.5 Å². The van der Waals surface area contributed by atoms with Crippen LogP contribution in [-0.4, -0.2) is 24.0 Å². The molecule has 0 aromatic heterocycles. The molecular weight excluding hydrogens is 316 g/mol. The van der Waals surface area contributed by atoms with Crippen molar-refractivity contribution in [1.29, 1.82) is 0 Å². The fourth-order valence-electron chi connectivity index (χ4n) is 2.32. The molecule has 1 atom stereocenters. The molecule has 0 spiro atoms. The van der Waals surface area contributed by atoms with E-state index in [0.717, 1.165) is 18.4 Å². The molecule has 5 heteroatoms. The second kappa shape index (κ2) is 7.38. The fourth-order valence-corrected chi connectivity index (χ4v) is 2.32. The Morgan fingerprint density at radius 3 is 2.28 bits per heavy atom. The zero-order valence-corrected chi connectivity index (χ0v) is 14.4. The van der Waals surface area contributed by atoms with Gasteiger partial charge in [-0.05, 0) is 63.1 Å². The van der Waals surface area contributed by atoms with Gasteiger partial charge in [0.05, 0.1) is 0 Å². The molecule has 0 heterocycles. The number of hydrogen-bond acceptors (Lipinski definition) is 3. The zero-order chi connectivity index (χ0) is 17.8. The first kappa shape index (κ1) is 17.0. The van der Waals surface area contributed by atoms with Crippen LogP contribution < -0.4 is 15.4 Å². The number of hydrogen-bond donors (Lipinski definition) is 2. The van der Waals surface area contributed by atoms with Crippen LogP contribution in [0.5, 0.6) is 5.75 Å². The van der Waals surface area contributed by atoms with Crippen molar-refractivity contribution in [3.05, 3.63) is 59.7 Å². The van der Waals surface area contributed by atoms with Gasteiger partial charge < -0.3 is 15.4 Å². The number of benzene rings is 2. The van der Waals surface area contributed by atoms with Crippen LogP contribution in [0.3, 0.4) is 0 Å². The van der Waals surface area contributed by atoms with Crippen molar-refractivity contribution in [2.75, 3.05) is 5.32 Å². The molecule has 0 aliphatic heterocycles. The SMILES string of the molecule is Cc1ccc(O[C@H](C)C(=O)Nc2ccc(C(=O)NC3CC3)cc2)cc1. The second-order valence-electron chi connectivity index (χ2n) is 6.39. The van der Waals surface area contributed by atoms with Gasteiger partial charge in [-0.3, -0.25) is 9.59 Å². The van der Waals surface area contributed by atoms with Crippen LogP contribution in [-0.2, 0) is 4.79 Å². The summed E-state index contributed by atoms with van der Waals surface area (Å²) in [6.07, 6.45) is 1.48. The molecule has 25 heavy (non-hydrogen) atoms. The van der Waals surface area contributed by atoms with E-state index in [2.05, 4.69) is 10.6 Å². The summed E-state index contributed by atoms with van der Waals surface area (Å²) in [6.45, 7) is 3.70. The Hall–Kier alpha value is -2.82. The van der Waals surface area contributed by atoms with Crippen LogP contribution in [0.4, 0.5) is 5.69 Å². The van der Waals surface area contributed by atoms with Gasteiger partial charge in [-0.2, -0.15) is 0 Å². The standard InChI is InChI=1S/C20H22N2O3/c1-13-3-11-18(12-4-13)25-14(2)19(23)21-16-7-5-15(6-8-16)20(24)22-17-9-10-17/h3-8,11-12,14,17H,9-10H2,1-2H3,(H,21,23)(H,22,24)/t14-/m1/s1. The predicted octanol–water partition coefficient (Wildman–Crippen LogP) is 3.29. The van der Waals surface area contributed by atoms with Crippen LogP contribution in [0.25, 0.3) is 0 Å². The minimum Gasteiger partial charge on any atom is -0.481 e. The highest BCUT2D eigenvalue weighted by Gasteiger charge is 2.23. The topological polar surface area (TPSA) is 67.4 Å². The molecule has 0 unspecified atom stereocenters. The number of rotatable bonds is 6. The van der Waals surface area contributed by atoms with Gasteiger partial charge in [-0.25, -0.2) is 0 Å². The highest BCUT2D eigenvalue weighted by Crippen LogP contribution is 2.20. The third kappa shape index (κ3) is 4.83. The van der Waals surface area contributed by atoms with Gasteiger partial charge in [0.2, 0.25) is 0 Å². The summed E-state index contributed by atoms with van der Waals surface area (Å²) < 4.78 is 5.64. The summed E-state index contributed by atoms with van der Waals surface area (Å²) in [6, 6.07) is 14.7. The lowest BCUT2D eigenvalue weighted by Crippen LogP contribution is -2.30. The first-order chi connectivity index (χ1) is 12.0. The zero-order valence-electron chi connectivity index (χ0n) is 14.4. The molecule has 0 radical (unpaired) electrons. The van der Waals surface area contributed by atoms with Gasteiger partial charge >= 0.3 is 0 Å². The average Bonchev–Trinajstić information content (AvgIpc) is 3.41. The van der Waals surface area contributed by atoms with Crippen molar-refractivity contribution in [2.45, 2.75) is 38.8 Å². The predicted molar refractivity (Wildman–Crippen MR) is 96.8 cm³/mol. The molecular formula is C20H22N2O3. The van der Waals surface area contributed by atoms with Gasteiger partial charge in [0.15, 0.2) is 6.10 Å². The number of ether oxygens (including phenoxy) is 1. The lowest BCUT2D eigenvalue weighted by molar-refractivity contribution is -0.122. The van der Waals surface area contributed by atoms with Crippen molar-refractivity contribution in [3.8, 4) is 5.75 Å². The highest BCUT2D eigenvalue weighted by molar-refractivity contribution is 5.97. The molecule has 2 aromatic rings. The van der Waals surface area contributed by atoms with Crippen molar-refractivity contribution < 1.29 is 14.3 Å². The molecule has 3 rings (SSSR count). The highest BCUT2D eigenvalue weighted by atomic mass is 16.5. The van der Waals surface area contributed by atoms with Crippen molar-refractivity contribution >= 4 is 17.5 Å². The second-order valence-corrected chi connectivity index (χ2v) is 6.39. The number of nitrogens with one attached hydrogen (secondary N) is 2. The summed E-state index contributed by atoms with van der Waals surface area (Å²) in [4.78, 5) is 24.2. The Balaban J connectivity index is 1.54. The van der Waals surface area contributed by atoms with E-state index in [9.17, 15) is 9.59 Å². The number of carbonyl (C=O) groups excluding carboxylic acids is 2.